The number of nitrogens with one attached hydrogen (secondary N) is 1. The Balaban J connectivity index is 1.71. The molecule has 1 aliphatic heterocycles. The maximum Gasteiger partial charge on any atom is 0.223 e. The third kappa shape index (κ3) is 2.21. The van der Waals surface area contributed by atoms with E-state index in [-0.39, 0.29) is 11.9 Å². The van der Waals surface area contributed by atoms with Gasteiger partial charge in [-0.2, -0.15) is 5.10 Å². The Morgan fingerprint density at radius 3 is 2.96 bits per heavy atom. The molecular formula is C17H19N5O. The van der Waals surface area contributed by atoms with Crippen LogP contribution in [0.2, 0.25) is 0 Å². The average Bonchev–Trinajstić information content (AvgIpc) is 3.27. The van der Waals surface area contributed by atoms with Gasteiger partial charge in [0, 0.05) is 42.7 Å². The monoisotopic (exact) mass is 309 g/mol. The van der Waals surface area contributed by atoms with E-state index < -0.39 is 0 Å². The first-order chi connectivity index (χ1) is 11.1. The number of carbonyl (C=O) groups excluding carboxylic acids is 1. The van der Waals surface area contributed by atoms with Gasteiger partial charge >= 0.3 is 0 Å². The number of benzene rings is 1. The number of aromatic amines is 1. The molecule has 1 amide bonds. The van der Waals surface area contributed by atoms with E-state index in [1.807, 2.05) is 37.2 Å². The maximum atomic E-state index is 11.9. The number of carbonyl (C=O) groups is 1. The number of likely N-dealkylation sites (tertiary alicyclic amines) is 1. The van der Waals surface area contributed by atoms with Crippen LogP contribution < -0.4 is 0 Å². The zero-order valence-electron chi connectivity index (χ0n) is 13.3. The fourth-order valence-electron chi connectivity index (χ4n) is 3.31. The second-order valence-electron chi connectivity index (χ2n) is 6.08. The van der Waals surface area contributed by atoms with E-state index in [4.69, 9.17) is 0 Å². The van der Waals surface area contributed by atoms with Crippen LogP contribution in [0.5, 0.6) is 0 Å². The van der Waals surface area contributed by atoms with Crippen LogP contribution >= 0.6 is 0 Å². The summed E-state index contributed by atoms with van der Waals surface area (Å²) in [7, 11) is 2.02. The molecule has 118 valence electrons. The molecule has 1 saturated heterocycles. The predicted octanol–water partition coefficient (Wildman–Crippen LogP) is 2.65. The van der Waals surface area contributed by atoms with Crippen molar-refractivity contribution >= 4 is 16.8 Å². The van der Waals surface area contributed by atoms with Crippen LogP contribution in [-0.2, 0) is 11.8 Å². The van der Waals surface area contributed by atoms with Gasteiger partial charge in [-0.15, -0.1) is 0 Å². The van der Waals surface area contributed by atoms with Crippen LogP contribution in [-0.4, -0.2) is 37.1 Å². The van der Waals surface area contributed by atoms with Crippen LogP contribution in [0.3, 0.4) is 0 Å². The largest absolute Gasteiger partial charge is 0.351 e. The van der Waals surface area contributed by atoms with Gasteiger partial charge in [0.2, 0.25) is 5.91 Å². The smallest absolute Gasteiger partial charge is 0.223 e. The Kier molecular flexibility index (Phi) is 3.18. The molecule has 1 aromatic carbocycles. The highest BCUT2D eigenvalue weighted by atomic mass is 16.2. The standard InChI is InChI=1S/C17H19N5O/c1-11(22-9-4-7-15(22)23)16-18-17(20-19-16)13-5-3-6-14-12(13)8-10-21(14)2/h3,5-6,8,10-11H,4,7,9H2,1-2H3,(H,18,19,20). The van der Waals surface area contributed by atoms with E-state index in [1.54, 1.807) is 0 Å². The second-order valence-corrected chi connectivity index (χ2v) is 6.08. The molecule has 2 aromatic heterocycles. The molecule has 1 N–H and O–H groups in total. The molecule has 0 spiro atoms. The molecule has 0 bridgehead atoms. The zero-order chi connectivity index (χ0) is 16.0. The Labute approximate surface area is 134 Å². The summed E-state index contributed by atoms with van der Waals surface area (Å²) in [5.74, 6) is 1.61. The Morgan fingerprint density at radius 1 is 1.30 bits per heavy atom. The van der Waals surface area contributed by atoms with Crippen LogP contribution in [0.15, 0.2) is 30.5 Å². The summed E-state index contributed by atoms with van der Waals surface area (Å²) >= 11 is 0. The Bertz CT molecular complexity index is 878. The lowest BCUT2D eigenvalue weighted by molar-refractivity contribution is -0.129. The maximum absolute atomic E-state index is 11.9. The minimum atomic E-state index is -0.0683. The summed E-state index contributed by atoms with van der Waals surface area (Å²) in [5.41, 5.74) is 2.15. The number of hydrogen-bond donors (Lipinski definition) is 1. The van der Waals surface area contributed by atoms with E-state index in [0.717, 1.165) is 35.3 Å². The molecule has 3 heterocycles. The van der Waals surface area contributed by atoms with Gasteiger partial charge in [0.15, 0.2) is 5.82 Å². The minimum absolute atomic E-state index is 0.0683. The molecule has 4 rings (SSSR count). The summed E-state index contributed by atoms with van der Waals surface area (Å²) in [6, 6.07) is 8.13. The number of amides is 1. The Hall–Kier alpha value is -2.63. The van der Waals surface area contributed by atoms with E-state index in [0.29, 0.717) is 12.2 Å². The van der Waals surface area contributed by atoms with Gasteiger partial charge in [-0.3, -0.25) is 9.89 Å². The number of aromatic nitrogens is 4. The number of aryl methyl sites for hydroxylation is 1. The molecule has 1 unspecified atom stereocenters. The SMILES string of the molecule is CC(c1nc(-c2cccc3c2ccn3C)n[nH]1)N1CCCC1=O. The first kappa shape index (κ1) is 14.0. The fourth-order valence-corrected chi connectivity index (χ4v) is 3.31. The molecule has 1 fully saturated rings. The van der Waals surface area contributed by atoms with Crippen molar-refractivity contribution < 1.29 is 4.79 Å². The topological polar surface area (TPSA) is 66.8 Å². The van der Waals surface area contributed by atoms with Crippen molar-refractivity contribution in [1.29, 1.82) is 0 Å². The highest BCUT2D eigenvalue weighted by Crippen LogP contribution is 2.29. The van der Waals surface area contributed by atoms with Crippen molar-refractivity contribution in [3.8, 4) is 11.4 Å². The van der Waals surface area contributed by atoms with Gasteiger partial charge in [0.1, 0.15) is 5.82 Å². The molecule has 0 radical (unpaired) electrons. The van der Waals surface area contributed by atoms with Gasteiger partial charge < -0.3 is 9.47 Å². The van der Waals surface area contributed by atoms with Crippen molar-refractivity contribution in [3.63, 3.8) is 0 Å². The Morgan fingerprint density at radius 2 is 2.17 bits per heavy atom. The van der Waals surface area contributed by atoms with Crippen molar-refractivity contribution in [2.75, 3.05) is 6.54 Å². The van der Waals surface area contributed by atoms with E-state index in [9.17, 15) is 4.79 Å². The number of fused-ring (bicyclic) bond motifs is 1. The second kappa shape index (κ2) is 5.22. The van der Waals surface area contributed by atoms with Crippen molar-refractivity contribution in [1.82, 2.24) is 24.6 Å². The van der Waals surface area contributed by atoms with E-state index in [2.05, 4.69) is 31.9 Å². The van der Waals surface area contributed by atoms with Crippen LogP contribution in [0.25, 0.3) is 22.3 Å². The van der Waals surface area contributed by atoms with Crippen LogP contribution in [0.1, 0.15) is 31.6 Å². The van der Waals surface area contributed by atoms with Gasteiger partial charge in [-0.25, -0.2) is 4.98 Å². The van der Waals surface area contributed by atoms with Crippen molar-refractivity contribution in [2.45, 2.75) is 25.8 Å². The highest BCUT2D eigenvalue weighted by molar-refractivity contribution is 5.93. The summed E-state index contributed by atoms with van der Waals surface area (Å²) in [5, 5.41) is 8.52. The van der Waals surface area contributed by atoms with Crippen molar-refractivity contribution in [2.24, 2.45) is 7.05 Å². The molecule has 6 nitrogen and oxygen atoms in total. The summed E-state index contributed by atoms with van der Waals surface area (Å²) < 4.78 is 2.08. The van der Waals surface area contributed by atoms with Crippen LogP contribution in [0.4, 0.5) is 0 Å². The fraction of sp³-hybridized carbons (Fsp3) is 0.353. The summed E-state index contributed by atoms with van der Waals surface area (Å²) in [4.78, 5) is 18.4. The van der Waals surface area contributed by atoms with Gasteiger partial charge in [-0.05, 0) is 25.5 Å². The zero-order valence-corrected chi connectivity index (χ0v) is 13.3. The lowest BCUT2D eigenvalue weighted by Gasteiger charge is -2.21. The van der Waals surface area contributed by atoms with E-state index in [1.165, 1.54) is 0 Å². The highest BCUT2D eigenvalue weighted by Gasteiger charge is 2.28. The number of H-pyrrole nitrogens is 1. The van der Waals surface area contributed by atoms with Gasteiger partial charge in [0.25, 0.3) is 0 Å². The van der Waals surface area contributed by atoms with Gasteiger partial charge in [0.05, 0.1) is 6.04 Å². The quantitative estimate of drug-likeness (QED) is 0.809. The molecule has 6 heteroatoms. The number of rotatable bonds is 3. The first-order valence-corrected chi connectivity index (χ1v) is 7.91. The molecule has 1 atom stereocenters. The summed E-state index contributed by atoms with van der Waals surface area (Å²) in [6.45, 7) is 2.79. The minimum Gasteiger partial charge on any atom is -0.351 e. The normalized spacial score (nSPS) is 16.4. The molecular weight excluding hydrogens is 290 g/mol. The molecule has 0 saturated carbocycles. The number of nitrogens with zero attached hydrogens (tertiary/aromatic N) is 4. The van der Waals surface area contributed by atoms with E-state index >= 15 is 0 Å². The molecule has 1 aliphatic rings. The predicted molar refractivity (Wildman–Crippen MR) is 87.7 cm³/mol. The molecule has 23 heavy (non-hydrogen) atoms. The third-order valence-corrected chi connectivity index (χ3v) is 4.64. The average molecular weight is 309 g/mol. The first-order valence-electron chi connectivity index (χ1n) is 7.91. The lowest BCUT2D eigenvalue weighted by Crippen LogP contribution is -2.28. The number of hydrogen-bond acceptors (Lipinski definition) is 3. The molecule has 3 aromatic rings. The van der Waals surface area contributed by atoms with Crippen LogP contribution in [0, 0.1) is 0 Å². The summed E-state index contributed by atoms with van der Waals surface area (Å²) in [6.07, 6.45) is 3.59. The van der Waals surface area contributed by atoms with Gasteiger partial charge in [-0.1, -0.05) is 12.1 Å². The van der Waals surface area contributed by atoms with Crippen molar-refractivity contribution in [3.05, 3.63) is 36.3 Å². The lowest BCUT2D eigenvalue weighted by atomic mass is 10.1. The third-order valence-electron chi connectivity index (χ3n) is 4.64. The molecule has 0 aliphatic carbocycles.